The van der Waals surface area contributed by atoms with Crippen LogP contribution in [-0.2, 0) is 16.1 Å². The summed E-state index contributed by atoms with van der Waals surface area (Å²) in [6.07, 6.45) is 3.09. The van der Waals surface area contributed by atoms with Crippen molar-refractivity contribution >= 4 is 28.5 Å². The second-order valence-corrected chi connectivity index (χ2v) is 7.04. The SMILES string of the molecule is O=C(OCc1cccc2ccccc12)/C(=C/c1ccco1)n1nnnc1-c1ccccc1. The number of hydrogen-bond donors (Lipinski definition) is 0. The van der Waals surface area contributed by atoms with Crippen LogP contribution < -0.4 is 0 Å². The maximum absolute atomic E-state index is 13.2. The second kappa shape index (κ2) is 8.69. The largest absolute Gasteiger partial charge is 0.465 e. The Hall–Kier alpha value is -4.52. The average Bonchev–Trinajstić information content (AvgIpc) is 3.54. The van der Waals surface area contributed by atoms with Crippen LogP contribution in [0.2, 0.25) is 0 Å². The molecule has 0 aliphatic rings. The van der Waals surface area contributed by atoms with Crippen molar-refractivity contribution in [3.05, 3.63) is 103 Å². The van der Waals surface area contributed by atoms with Crippen molar-refractivity contribution in [1.82, 2.24) is 20.2 Å². The van der Waals surface area contributed by atoms with E-state index in [1.54, 1.807) is 18.2 Å². The Morgan fingerprint density at radius 2 is 1.75 bits per heavy atom. The van der Waals surface area contributed by atoms with E-state index < -0.39 is 5.97 Å². The fraction of sp³-hybridized carbons (Fsp3) is 0.0400. The van der Waals surface area contributed by atoms with E-state index in [0.29, 0.717) is 11.6 Å². The molecule has 0 saturated heterocycles. The highest BCUT2D eigenvalue weighted by molar-refractivity contribution is 6.15. The minimum absolute atomic E-state index is 0.110. The van der Waals surface area contributed by atoms with Crippen molar-refractivity contribution in [2.45, 2.75) is 6.61 Å². The molecule has 0 saturated carbocycles. The Kier molecular flexibility index (Phi) is 5.28. The number of rotatable bonds is 6. The number of nitrogens with zero attached hydrogens (tertiary/aromatic N) is 4. The Morgan fingerprint density at radius 3 is 2.59 bits per heavy atom. The van der Waals surface area contributed by atoms with Crippen molar-refractivity contribution < 1.29 is 13.9 Å². The number of carbonyl (C=O) groups excluding carboxylic acids is 1. The predicted octanol–water partition coefficient (Wildman–Crippen LogP) is 4.83. The van der Waals surface area contributed by atoms with Gasteiger partial charge in [-0.2, -0.15) is 4.68 Å². The standard InChI is InChI=1S/C25H18N4O3/c30-25(32-17-20-12-6-11-18-8-4-5-14-22(18)20)23(16-21-13-7-15-31-21)29-24(26-27-28-29)19-9-2-1-3-10-19/h1-16H,17H2/b23-16-. The maximum Gasteiger partial charge on any atom is 0.357 e. The Balaban J connectivity index is 1.49. The van der Waals surface area contributed by atoms with Gasteiger partial charge in [0.05, 0.1) is 6.26 Å². The minimum Gasteiger partial charge on any atom is -0.465 e. The Bertz CT molecular complexity index is 1380. The molecule has 156 valence electrons. The topological polar surface area (TPSA) is 83.0 Å². The lowest BCUT2D eigenvalue weighted by Gasteiger charge is -2.11. The van der Waals surface area contributed by atoms with E-state index in [0.717, 1.165) is 21.9 Å². The summed E-state index contributed by atoms with van der Waals surface area (Å²) < 4.78 is 12.5. The molecule has 0 radical (unpaired) electrons. The number of ether oxygens (including phenoxy) is 1. The van der Waals surface area contributed by atoms with Gasteiger partial charge in [-0.15, -0.1) is 5.10 Å². The van der Waals surface area contributed by atoms with Crippen LogP contribution in [0.25, 0.3) is 33.9 Å². The molecule has 2 heterocycles. The molecule has 0 aliphatic carbocycles. The van der Waals surface area contributed by atoms with Crippen LogP contribution in [0.15, 0.2) is 95.6 Å². The Morgan fingerprint density at radius 1 is 0.938 bits per heavy atom. The highest BCUT2D eigenvalue weighted by Gasteiger charge is 2.21. The molecule has 0 bridgehead atoms. The molecule has 32 heavy (non-hydrogen) atoms. The molecule has 5 rings (SSSR count). The third-order valence-electron chi connectivity index (χ3n) is 5.00. The summed E-state index contributed by atoms with van der Waals surface area (Å²) in [5, 5.41) is 14.0. The summed E-state index contributed by atoms with van der Waals surface area (Å²) in [4.78, 5) is 13.2. The van der Waals surface area contributed by atoms with Gasteiger partial charge in [0, 0.05) is 11.6 Å². The summed E-state index contributed by atoms with van der Waals surface area (Å²) in [6.45, 7) is 0.110. The molecular formula is C25H18N4O3. The molecule has 7 nitrogen and oxygen atoms in total. The monoisotopic (exact) mass is 422 g/mol. The molecule has 0 fully saturated rings. The number of tetrazole rings is 1. The van der Waals surface area contributed by atoms with Crippen molar-refractivity contribution in [1.29, 1.82) is 0 Å². The fourth-order valence-electron chi connectivity index (χ4n) is 3.47. The lowest BCUT2D eigenvalue weighted by Crippen LogP contribution is -2.15. The van der Waals surface area contributed by atoms with Crippen LogP contribution in [0.4, 0.5) is 0 Å². The van der Waals surface area contributed by atoms with Crippen LogP contribution in [0.1, 0.15) is 11.3 Å². The normalized spacial score (nSPS) is 11.6. The van der Waals surface area contributed by atoms with E-state index >= 15 is 0 Å². The number of carbonyl (C=O) groups is 1. The van der Waals surface area contributed by atoms with Crippen molar-refractivity contribution in [2.24, 2.45) is 0 Å². The highest BCUT2D eigenvalue weighted by Crippen LogP contribution is 2.23. The summed E-state index contributed by atoms with van der Waals surface area (Å²) in [5.74, 6) is 0.334. The molecule has 2 aromatic heterocycles. The number of hydrogen-bond acceptors (Lipinski definition) is 6. The Labute approximate surface area is 183 Å². The summed E-state index contributed by atoms with van der Waals surface area (Å²) >= 11 is 0. The number of fused-ring (bicyclic) bond motifs is 1. The van der Waals surface area contributed by atoms with Gasteiger partial charge in [0.2, 0.25) is 0 Å². The third-order valence-corrected chi connectivity index (χ3v) is 5.00. The van der Waals surface area contributed by atoms with Gasteiger partial charge < -0.3 is 9.15 Å². The molecule has 0 atom stereocenters. The molecule has 7 heteroatoms. The lowest BCUT2D eigenvalue weighted by molar-refractivity contribution is -0.138. The van der Waals surface area contributed by atoms with Gasteiger partial charge in [-0.25, -0.2) is 4.79 Å². The van der Waals surface area contributed by atoms with Gasteiger partial charge in [-0.3, -0.25) is 0 Å². The molecule has 0 spiro atoms. The molecule has 3 aromatic carbocycles. The van der Waals surface area contributed by atoms with Gasteiger partial charge in [0.1, 0.15) is 12.4 Å². The number of furan rings is 1. The number of esters is 1. The van der Waals surface area contributed by atoms with Gasteiger partial charge in [-0.05, 0) is 38.9 Å². The molecule has 0 aliphatic heterocycles. The van der Waals surface area contributed by atoms with Gasteiger partial charge in [-0.1, -0.05) is 72.8 Å². The van der Waals surface area contributed by atoms with Crippen molar-refractivity contribution in [3.63, 3.8) is 0 Å². The van der Waals surface area contributed by atoms with Crippen LogP contribution in [-0.4, -0.2) is 26.2 Å². The molecular weight excluding hydrogens is 404 g/mol. The first-order chi connectivity index (χ1) is 15.8. The fourth-order valence-corrected chi connectivity index (χ4v) is 3.47. The third kappa shape index (κ3) is 3.91. The number of aromatic nitrogens is 4. The van der Waals surface area contributed by atoms with Crippen LogP contribution >= 0.6 is 0 Å². The van der Waals surface area contributed by atoms with E-state index in [4.69, 9.17) is 9.15 Å². The first-order valence-electron chi connectivity index (χ1n) is 10.0. The van der Waals surface area contributed by atoms with E-state index in [1.165, 1.54) is 10.9 Å². The summed E-state index contributed by atoms with van der Waals surface area (Å²) in [7, 11) is 0. The maximum atomic E-state index is 13.2. The molecule has 0 unspecified atom stereocenters. The van der Waals surface area contributed by atoms with Crippen LogP contribution in [0.5, 0.6) is 0 Å². The van der Waals surface area contributed by atoms with Crippen molar-refractivity contribution in [2.75, 3.05) is 0 Å². The molecule has 5 aromatic rings. The first-order valence-corrected chi connectivity index (χ1v) is 10.0. The first kappa shape index (κ1) is 19.4. The summed E-state index contributed by atoms with van der Waals surface area (Å²) in [6, 6.07) is 26.8. The van der Waals surface area contributed by atoms with E-state index in [1.807, 2.05) is 72.8 Å². The van der Waals surface area contributed by atoms with Gasteiger partial charge in [0.15, 0.2) is 11.5 Å². The van der Waals surface area contributed by atoms with Crippen molar-refractivity contribution in [3.8, 4) is 11.4 Å². The zero-order valence-corrected chi connectivity index (χ0v) is 17.0. The smallest absolute Gasteiger partial charge is 0.357 e. The van der Waals surface area contributed by atoms with E-state index in [9.17, 15) is 4.79 Å². The van der Waals surface area contributed by atoms with Crippen LogP contribution in [0.3, 0.4) is 0 Å². The van der Waals surface area contributed by atoms with E-state index in [2.05, 4.69) is 15.5 Å². The second-order valence-electron chi connectivity index (χ2n) is 7.04. The van der Waals surface area contributed by atoms with Gasteiger partial charge in [0.25, 0.3) is 0 Å². The zero-order valence-electron chi connectivity index (χ0n) is 17.0. The lowest BCUT2D eigenvalue weighted by atomic mass is 10.1. The zero-order chi connectivity index (χ0) is 21.8. The number of benzene rings is 3. The predicted molar refractivity (Wildman–Crippen MR) is 120 cm³/mol. The summed E-state index contributed by atoms with van der Waals surface area (Å²) in [5.41, 5.74) is 1.82. The average molecular weight is 422 g/mol. The molecule has 0 N–H and O–H groups in total. The van der Waals surface area contributed by atoms with E-state index in [-0.39, 0.29) is 12.3 Å². The van der Waals surface area contributed by atoms with Gasteiger partial charge >= 0.3 is 5.97 Å². The van der Waals surface area contributed by atoms with Crippen LogP contribution in [0, 0.1) is 0 Å². The highest BCUT2D eigenvalue weighted by atomic mass is 16.5. The minimum atomic E-state index is -0.571. The quantitative estimate of drug-likeness (QED) is 0.288. The molecule has 0 amide bonds.